The molecule has 0 spiro atoms. The van der Waals surface area contributed by atoms with E-state index >= 15 is 0 Å². The molecule has 7 heteroatoms. The van der Waals surface area contributed by atoms with Crippen molar-refractivity contribution in [3.63, 3.8) is 0 Å². The lowest BCUT2D eigenvalue weighted by molar-refractivity contribution is 0.102. The van der Waals surface area contributed by atoms with Gasteiger partial charge in [-0.3, -0.25) is 4.79 Å². The van der Waals surface area contributed by atoms with E-state index in [2.05, 4.69) is 20.6 Å². The van der Waals surface area contributed by atoms with Crippen LogP contribution in [0.5, 0.6) is 5.75 Å². The standard InChI is InChI=1S/C20H20N4O2S/c25-19-16-13-27-20(24-16)14-8-10-22-18(12-14)21-9-4-1-5-11-26-17-7-3-2-6-15(17)23-19/h2-3,6-8,10,12-13H,1,4-5,9,11H2,(H,21,22)(H,23,25). The number of benzene rings is 1. The summed E-state index contributed by atoms with van der Waals surface area (Å²) in [4.78, 5) is 21.5. The first-order chi connectivity index (χ1) is 13.3. The van der Waals surface area contributed by atoms with Crippen molar-refractivity contribution in [2.75, 3.05) is 23.8 Å². The molecule has 1 aliphatic heterocycles. The van der Waals surface area contributed by atoms with Crippen molar-refractivity contribution in [2.45, 2.75) is 19.3 Å². The zero-order chi connectivity index (χ0) is 18.5. The molecule has 2 aromatic heterocycles. The fraction of sp³-hybridized carbons (Fsp3) is 0.250. The largest absolute Gasteiger partial charge is 0.491 e. The maximum absolute atomic E-state index is 12.6. The fourth-order valence-corrected chi connectivity index (χ4v) is 3.65. The van der Waals surface area contributed by atoms with Gasteiger partial charge in [0.1, 0.15) is 22.3 Å². The van der Waals surface area contributed by atoms with Gasteiger partial charge in [-0.1, -0.05) is 12.1 Å². The first-order valence-corrected chi connectivity index (χ1v) is 9.86. The predicted molar refractivity (Wildman–Crippen MR) is 108 cm³/mol. The van der Waals surface area contributed by atoms with Crippen LogP contribution in [-0.2, 0) is 0 Å². The van der Waals surface area contributed by atoms with Gasteiger partial charge in [0.05, 0.1) is 12.3 Å². The highest BCUT2D eigenvalue weighted by Gasteiger charge is 2.15. The van der Waals surface area contributed by atoms with E-state index in [0.717, 1.165) is 42.2 Å². The monoisotopic (exact) mass is 380 g/mol. The lowest BCUT2D eigenvalue weighted by Crippen LogP contribution is -2.13. The third kappa shape index (κ3) is 4.25. The molecule has 0 fully saturated rings. The van der Waals surface area contributed by atoms with Gasteiger partial charge < -0.3 is 15.4 Å². The van der Waals surface area contributed by atoms with Crippen LogP contribution < -0.4 is 15.4 Å². The van der Waals surface area contributed by atoms with E-state index in [-0.39, 0.29) is 5.91 Å². The topological polar surface area (TPSA) is 76.1 Å². The summed E-state index contributed by atoms with van der Waals surface area (Å²) in [5, 5.41) is 8.82. The van der Waals surface area contributed by atoms with Crippen molar-refractivity contribution in [1.29, 1.82) is 0 Å². The number of thiazole rings is 1. The normalized spacial score (nSPS) is 14.9. The molecule has 1 aromatic carbocycles. The minimum atomic E-state index is -0.245. The average molecular weight is 380 g/mol. The molecule has 27 heavy (non-hydrogen) atoms. The molecule has 0 atom stereocenters. The van der Waals surface area contributed by atoms with E-state index in [9.17, 15) is 4.79 Å². The summed E-state index contributed by atoms with van der Waals surface area (Å²) in [7, 11) is 0. The number of carbonyl (C=O) groups is 1. The first kappa shape index (κ1) is 17.5. The SMILES string of the molecule is O=C1Nc2ccccc2OCCCCCNc2cc(ccn2)-c2nc1cs2. The van der Waals surface area contributed by atoms with Gasteiger partial charge in [-0.2, -0.15) is 0 Å². The summed E-state index contributed by atoms with van der Waals surface area (Å²) < 4.78 is 5.87. The number of nitrogens with one attached hydrogen (secondary N) is 2. The van der Waals surface area contributed by atoms with Crippen LogP contribution in [0.3, 0.4) is 0 Å². The Morgan fingerprint density at radius 1 is 1.11 bits per heavy atom. The van der Waals surface area contributed by atoms with Crippen molar-refractivity contribution in [1.82, 2.24) is 9.97 Å². The van der Waals surface area contributed by atoms with Crippen molar-refractivity contribution in [3.8, 4) is 16.3 Å². The van der Waals surface area contributed by atoms with E-state index in [1.807, 2.05) is 36.4 Å². The van der Waals surface area contributed by atoms with Crippen molar-refractivity contribution < 1.29 is 9.53 Å². The molecule has 0 radical (unpaired) electrons. The second-order valence-electron chi connectivity index (χ2n) is 6.25. The second-order valence-corrected chi connectivity index (χ2v) is 7.11. The number of carbonyl (C=O) groups excluding carboxylic acids is 1. The van der Waals surface area contributed by atoms with E-state index in [1.54, 1.807) is 11.6 Å². The maximum atomic E-state index is 12.6. The molecule has 4 rings (SSSR count). The number of anilines is 2. The Labute approximate surface area is 161 Å². The van der Waals surface area contributed by atoms with Crippen molar-refractivity contribution in [3.05, 3.63) is 53.7 Å². The number of rotatable bonds is 0. The quantitative estimate of drug-likeness (QED) is 0.603. The number of fused-ring (bicyclic) bond motifs is 6. The zero-order valence-electron chi connectivity index (χ0n) is 14.8. The molecule has 0 aliphatic carbocycles. The third-order valence-corrected chi connectivity index (χ3v) is 5.16. The van der Waals surface area contributed by atoms with Crippen molar-refractivity contribution >= 4 is 28.7 Å². The molecule has 1 aliphatic rings. The number of ether oxygens (including phenoxy) is 1. The number of amides is 1. The first-order valence-electron chi connectivity index (χ1n) is 8.98. The van der Waals surface area contributed by atoms with Crippen LogP contribution in [0.2, 0.25) is 0 Å². The van der Waals surface area contributed by atoms with Crippen LogP contribution in [0.25, 0.3) is 10.6 Å². The molecule has 1 amide bonds. The summed E-state index contributed by atoms with van der Waals surface area (Å²) in [5.41, 5.74) is 2.00. The van der Waals surface area contributed by atoms with Gasteiger partial charge in [0.25, 0.3) is 5.91 Å². The number of hydrogen-bond acceptors (Lipinski definition) is 6. The lowest BCUT2D eigenvalue weighted by atomic mass is 10.2. The highest BCUT2D eigenvalue weighted by molar-refractivity contribution is 7.13. The molecular formula is C20H20N4O2S. The van der Waals surface area contributed by atoms with Gasteiger partial charge in [0, 0.05) is 23.7 Å². The van der Waals surface area contributed by atoms with E-state index in [4.69, 9.17) is 4.74 Å². The zero-order valence-corrected chi connectivity index (χ0v) is 15.6. The maximum Gasteiger partial charge on any atom is 0.275 e. The van der Waals surface area contributed by atoms with Crippen LogP contribution in [0, 0.1) is 0 Å². The third-order valence-electron chi connectivity index (χ3n) is 4.26. The minimum absolute atomic E-state index is 0.245. The van der Waals surface area contributed by atoms with Gasteiger partial charge in [0.15, 0.2) is 0 Å². The Hall–Kier alpha value is -2.93. The molecule has 3 aromatic rings. The van der Waals surface area contributed by atoms with Gasteiger partial charge in [-0.05, 0) is 43.5 Å². The van der Waals surface area contributed by atoms with Crippen LogP contribution in [-0.4, -0.2) is 29.0 Å². The van der Waals surface area contributed by atoms with Crippen LogP contribution in [0.1, 0.15) is 29.8 Å². The number of pyridine rings is 1. The molecule has 0 unspecified atom stereocenters. The molecule has 6 nitrogen and oxygen atoms in total. The summed E-state index contributed by atoms with van der Waals surface area (Å²) in [5.74, 6) is 1.26. The average Bonchev–Trinajstić information content (AvgIpc) is 3.18. The molecular weight excluding hydrogens is 360 g/mol. The Morgan fingerprint density at radius 2 is 2.04 bits per heavy atom. The molecule has 3 heterocycles. The van der Waals surface area contributed by atoms with Gasteiger partial charge in [-0.25, -0.2) is 9.97 Å². The molecule has 0 saturated heterocycles. The Balaban J connectivity index is 1.64. The lowest BCUT2D eigenvalue weighted by Gasteiger charge is -2.12. The molecule has 138 valence electrons. The summed E-state index contributed by atoms with van der Waals surface area (Å²) >= 11 is 1.44. The highest BCUT2D eigenvalue weighted by Crippen LogP contribution is 2.28. The Kier molecular flexibility index (Phi) is 5.29. The molecule has 2 N–H and O–H groups in total. The van der Waals surface area contributed by atoms with E-state index in [1.165, 1.54) is 11.3 Å². The number of para-hydroxylation sites is 2. The highest BCUT2D eigenvalue weighted by atomic mass is 32.1. The van der Waals surface area contributed by atoms with Crippen LogP contribution >= 0.6 is 11.3 Å². The van der Waals surface area contributed by atoms with Gasteiger partial charge in [-0.15, -0.1) is 11.3 Å². The van der Waals surface area contributed by atoms with Gasteiger partial charge >= 0.3 is 0 Å². The second kappa shape index (κ2) is 8.18. The van der Waals surface area contributed by atoms with Crippen molar-refractivity contribution in [2.24, 2.45) is 0 Å². The minimum Gasteiger partial charge on any atom is -0.491 e. The summed E-state index contributed by atoms with van der Waals surface area (Å²) in [6.45, 7) is 1.47. The number of hydrogen-bond donors (Lipinski definition) is 2. The molecule has 0 saturated carbocycles. The number of nitrogens with zero attached hydrogens (tertiary/aromatic N) is 2. The Morgan fingerprint density at radius 3 is 3.00 bits per heavy atom. The molecule has 4 bridgehead atoms. The summed E-state index contributed by atoms with van der Waals surface area (Å²) in [6, 6.07) is 11.4. The van der Waals surface area contributed by atoms with Crippen LogP contribution in [0.15, 0.2) is 48.0 Å². The van der Waals surface area contributed by atoms with E-state index < -0.39 is 0 Å². The Bertz CT molecular complexity index is 941. The van der Waals surface area contributed by atoms with Gasteiger partial charge in [0.2, 0.25) is 0 Å². The summed E-state index contributed by atoms with van der Waals surface area (Å²) in [6.07, 6.45) is 4.80. The fourth-order valence-electron chi connectivity index (χ4n) is 2.86. The predicted octanol–water partition coefficient (Wildman–Crippen LogP) is 4.43. The smallest absolute Gasteiger partial charge is 0.275 e. The van der Waals surface area contributed by atoms with Crippen LogP contribution in [0.4, 0.5) is 11.5 Å². The van der Waals surface area contributed by atoms with E-state index in [0.29, 0.717) is 23.7 Å². The number of aromatic nitrogens is 2.